The second-order valence-corrected chi connectivity index (χ2v) is 5.97. The molecule has 2 amide bonds. The van der Waals surface area contributed by atoms with Crippen LogP contribution in [0.2, 0.25) is 0 Å². The number of carbonyl (C=O) groups excluding carboxylic acids is 1. The van der Waals surface area contributed by atoms with Crippen molar-refractivity contribution in [1.29, 1.82) is 0 Å². The maximum atomic E-state index is 12.2. The first-order valence-corrected chi connectivity index (χ1v) is 7.99. The molecule has 0 saturated heterocycles. The van der Waals surface area contributed by atoms with Crippen LogP contribution in [-0.2, 0) is 12.1 Å². The Labute approximate surface area is 142 Å². The van der Waals surface area contributed by atoms with E-state index in [4.69, 9.17) is 9.47 Å². The molecule has 5 heteroatoms. The minimum Gasteiger partial charge on any atom is -0.497 e. The van der Waals surface area contributed by atoms with Gasteiger partial charge in [0.1, 0.15) is 11.5 Å². The molecule has 1 aliphatic carbocycles. The molecule has 0 spiro atoms. The van der Waals surface area contributed by atoms with Crippen LogP contribution < -0.4 is 20.1 Å². The second-order valence-electron chi connectivity index (χ2n) is 5.97. The Morgan fingerprint density at radius 1 is 0.958 bits per heavy atom. The Bertz CT molecular complexity index is 692. The van der Waals surface area contributed by atoms with E-state index < -0.39 is 0 Å². The summed E-state index contributed by atoms with van der Waals surface area (Å²) in [6.07, 6.45) is 1.91. The van der Waals surface area contributed by atoms with Crippen LogP contribution in [0.3, 0.4) is 0 Å². The predicted octanol–water partition coefficient (Wildman–Crippen LogP) is 3.19. The van der Waals surface area contributed by atoms with Crippen LogP contribution >= 0.6 is 0 Å². The molecule has 3 rings (SSSR count). The van der Waals surface area contributed by atoms with Gasteiger partial charge >= 0.3 is 6.03 Å². The van der Waals surface area contributed by atoms with Crippen molar-refractivity contribution in [3.63, 3.8) is 0 Å². The fourth-order valence-corrected chi connectivity index (χ4v) is 2.71. The molecular weight excluding hydrogens is 304 g/mol. The quantitative estimate of drug-likeness (QED) is 0.857. The van der Waals surface area contributed by atoms with Crippen molar-refractivity contribution in [2.45, 2.75) is 24.9 Å². The lowest BCUT2D eigenvalue weighted by atomic mass is 10.1. The van der Waals surface area contributed by atoms with E-state index in [9.17, 15) is 4.79 Å². The van der Waals surface area contributed by atoms with E-state index in [2.05, 4.69) is 10.6 Å². The zero-order valence-electron chi connectivity index (χ0n) is 14.0. The number of hydrogen-bond donors (Lipinski definition) is 2. The van der Waals surface area contributed by atoms with Crippen LogP contribution in [0.4, 0.5) is 4.79 Å². The Morgan fingerprint density at radius 3 is 2.00 bits per heavy atom. The van der Waals surface area contributed by atoms with Gasteiger partial charge < -0.3 is 20.1 Å². The largest absolute Gasteiger partial charge is 0.497 e. The molecule has 24 heavy (non-hydrogen) atoms. The summed E-state index contributed by atoms with van der Waals surface area (Å²) in [6, 6.07) is 15.4. The zero-order chi connectivity index (χ0) is 17.0. The molecule has 1 saturated carbocycles. The molecule has 2 aromatic rings. The maximum Gasteiger partial charge on any atom is 0.315 e. The first-order chi connectivity index (χ1) is 11.6. The number of benzene rings is 2. The maximum absolute atomic E-state index is 12.2. The summed E-state index contributed by atoms with van der Waals surface area (Å²) in [7, 11) is 3.28. The Morgan fingerprint density at radius 2 is 1.50 bits per heavy atom. The van der Waals surface area contributed by atoms with E-state index in [1.165, 1.54) is 0 Å². The molecule has 0 radical (unpaired) electrons. The third-order valence-electron chi connectivity index (χ3n) is 4.36. The number of nitrogens with one attached hydrogen (secondary N) is 2. The number of hydrogen-bond acceptors (Lipinski definition) is 3. The van der Waals surface area contributed by atoms with Crippen LogP contribution in [0.25, 0.3) is 0 Å². The van der Waals surface area contributed by atoms with E-state index in [1.807, 2.05) is 48.5 Å². The highest BCUT2D eigenvalue weighted by molar-refractivity contribution is 5.75. The van der Waals surface area contributed by atoms with Crippen LogP contribution in [0, 0.1) is 0 Å². The lowest BCUT2D eigenvalue weighted by molar-refractivity contribution is 0.235. The fraction of sp³-hybridized carbons (Fsp3) is 0.316. The van der Waals surface area contributed by atoms with Gasteiger partial charge in [-0.3, -0.25) is 0 Å². The normalized spacial score (nSPS) is 14.6. The van der Waals surface area contributed by atoms with E-state index in [1.54, 1.807) is 14.2 Å². The number of ether oxygens (including phenoxy) is 2. The van der Waals surface area contributed by atoms with Crippen molar-refractivity contribution in [3.8, 4) is 11.5 Å². The fourth-order valence-electron chi connectivity index (χ4n) is 2.71. The van der Waals surface area contributed by atoms with Gasteiger partial charge in [-0.1, -0.05) is 24.3 Å². The average Bonchev–Trinajstić information content (AvgIpc) is 3.41. The highest BCUT2D eigenvalue weighted by Crippen LogP contribution is 2.45. The van der Waals surface area contributed by atoms with Gasteiger partial charge in [0.25, 0.3) is 0 Å². The van der Waals surface area contributed by atoms with Crippen molar-refractivity contribution in [1.82, 2.24) is 10.6 Å². The number of methoxy groups -OCH3 is 2. The number of rotatable bonds is 6. The summed E-state index contributed by atoms with van der Waals surface area (Å²) >= 11 is 0. The minimum atomic E-state index is -0.240. The van der Waals surface area contributed by atoms with Crippen molar-refractivity contribution in [2.75, 3.05) is 14.2 Å². The lowest BCUT2D eigenvalue weighted by Gasteiger charge is -2.19. The van der Waals surface area contributed by atoms with Gasteiger partial charge in [-0.25, -0.2) is 4.79 Å². The molecule has 2 aromatic carbocycles. The standard InChI is InChI=1S/C19H22N2O3/c1-23-16-7-3-14(4-8-16)13-20-18(22)21-19(11-12-19)15-5-9-17(24-2)10-6-15/h3-10H,11-13H2,1-2H3,(H2,20,21,22). The summed E-state index contributed by atoms with van der Waals surface area (Å²) in [6.45, 7) is 0.481. The molecule has 0 aromatic heterocycles. The Balaban J connectivity index is 1.55. The predicted molar refractivity (Wildman–Crippen MR) is 92.3 cm³/mol. The third-order valence-corrected chi connectivity index (χ3v) is 4.36. The van der Waals surface area contributed by atoms with E-state index >= 15 is 0 Å². The van der Waals surface area contributed by atoms with E-state index in [0.717, 1.165) is 35.5 Å². The van der Waals surface area contributed by atoms with E-state index in [-0.39, 0.29) is 11.6 Å². The minimum absolute atomic E-state index is 0.154. The van der Waals surface area contributed by atoms with Gasteiger partial charge in [-0.15, -0.1) is 0 Å². The summed E-state index contributed by atoms with van der Waals surface area (Å²) in [5.74, 6) is 1.62. The molecular formula is C19H22N2O3. The highest BCUT2D eigenvalue weighted by atomic mass is 16.5. The van der Waals surface area contributed by atoms with Crippen molar-refractivity contribution in [3.05, 3.63) is 59.7 Å². The zero-order valence-corrected chi connectivity index (χ0v) is 14.0. The number of urea groups is 1. The van der Waals surface area contributed by atoms with E-state index in [0.29, 0.717) is 6.54 Å². The number of carbonyl (C=O) groups is 1. The summed E-state index contributed by atoms with van der Waals surface area (Å²) < 4.78 is 10.3. The topological polar surface area (TPSA) is 59.6 Å². The average molecular weight is 326 g/mol. The molecule has 1 aliphatic rings. The molecule has 126 valence electrons. The Kier molecular flexibility index (Phi) is 4.60. The SMILES string of the molecule is COc1ccc(CNC(=O)NC2(c3ccc(OC)cc3)CC2)cc1. The molecule has 0 unspecified atom stereocenters. The first-order valence-electron chi connectivity index (χ1n) is 7.99. The van der Waals surface area contributed by atoms with Crippen molar-refractivity contribution >= 4 is 6.03 Å². The first kappa shape index (κ1) is 16.2. The molecule has 0 bridgehead atoms. The number of amides is 2. The summed E-state index contributed by atoms with van der Waals surface area (Å²) in [5.41, 5.74) is 1.90. The van der Waals surface area contributed by atoms with Crippen LogP contribution in [0.15, 0.2) is 48.5 Å². The van der Waals surface area contributed by atoms with Crippen LogP contribution in [0.1, 0.15) is 24.0 Å². The van der Waals surface area contributed by atoms with Gasteiger partial charge in [0.2, 0.25) is 0 Å². The molecule has 1 fully saturated rings. The van der Waals surface area contributed by atoms with Crippen LogP contribution in [0.5, 0.6) is 11.5 Å². The Hall–Kier alpha value is -2.69. The molecule has 0 atom stereocenters. The van der Waals surface area contributed by atoms with Gasteiger partial charge in [0, 0.05) is 6.54 Å². The van der Waals surface area contributed by atoms with Crippen molar-refractivity contribution < 1.29 is 14.3 Å². The van der Waals surface area contributed by atoms with Gasteiger partial charge in [0.05, 0.1) is 19.8 Å². The summed E-state index contributed by atoms with van der Waals surface area (Å²) in [5, 5.41) is 6.01. The second kappa shape index (κ2) is 6.83. The molecule has 2 N–H and O–H groups in total. The lowest BCUT2D eigenvalue weighted by Crippen LogP contribution is -2.41. The van der Waals surface area contributed by atoms with Crippen molar-refractivity contribution in [2.24, 2.45) is 0 Å². The molecule has 0 heterocycles. The highest BCUT2D eigenvalue weighted by Gasteiger charge is 2.45. The molecule has 0 aliphatic heterocycles. The molecule has 5 nitrogen and oxygen atoms in total. The third kappa shape index (κ3) is 3.62. The van der Waals surface area contributed by atoms with Crippen LogP contribution in [-0.4, -0.2) is 20.3 Å². The smallest absolute Gasteiger partial charge is 0.315 e. The monoisotopic (exact) mass is 326 g/mol. The van der Waals surface area contributed by atoms with Gasteiger partial charge in [0.15, 0.2) is 0 Å². The summed E-state index contributed by atoms with van der Waals surface area (Å²) in [4.78, 5) is 12.2. The van der Waals surface area contributed by atoms with Gasteiger partial charge in [-0.05, 0) is 48.2 Å². The van der Waals surface area contributed by atoms with Gasteiger partial charge in [-0.2, -0.15) is 0 Å².